The van der Waals surface area contributed by atoms with Crippen molar-refractivity contribution in [3.05, 3.63) is 23.3 Å². The van der Waals surface area contributed by atoms with Crippen molar-refractivity contribution >= 4 is 34.7 Å². The SMILES string of the molecule is CN(C)c1ccc(O)c2c1C[C@H]1C[C@@H]3C(C(=O)C(C(N)=O)C(=O)[C@H]3N(C)C)C(=O)C1C2=O. The number of phenolic OH excluding ortho intramolecular Hbond substituents is 1. The average molecular weight is 441 g/mol. The highest BCUT2D eigenvalue weighted by molar-refractivity contribution is 6.28. The number of rotatable bonds is 3. The van der Waals surface area contributed by atoms with Crippen LogP contribution >= 0.6 is 0 Å². The number of ketones is 4. The van der Waals surface area contributed by atoms with Crippen molar-refractivity contribution in [1.29, 1.82) is 0 Å². The van der Waals surface area contributed by atoms with Gasteiger partial charge in [0.2, 0.25) is 5.91 Å². The Balaban J connectivity index is 1.83. The van der Waals surface area contributed by atoms with Crippen LogP contribution in [0.2, 0.25) is 0 Å². The van der Waals surface area contributed by atoms with Crippen molar-refractivity contribution in [2.45, 2.75) is 18.9 Å². The van der Waals surface area contributed by atoms with Crippen LogP contribution in [0.3, 0.4) is 0 Å². The second-order valence-electron chi connectivity index (χ2n) is 9.49. The maximum Gasteiger partial charge on any atom is 0.235 e. The van der Waals surface area contributed by atoms with E-state index in [0.717, 1.165) is 5.69 Å². The van der Waals surface area contributed by atoms with Gasteiger partial charge in [0, 0.05) is 19.8 Å². The van der Waals surface area contributed by atoms with Crippen LogP contribution in [-0.4, -0.2) is 73.3 Å². The summed E-state index contributed by atoms with van der Waals surface area (Å²) in [5.74, 6) is -8.83. The summed E-state index contributed by atoms with van der Waals surface area (Å²) in [6.45, 7) is 0. The lowest BCUT2D eigenvalue weighted by Crippen LogP contribution is -2.64. The highest BCUT2D eigenvalue weighted by Crippen LogP contribution is 2.50. The van der Waals surface area contributed by atoms with Gasteiger partial charge in [0.15, 0.2) is 29.1 Å². The van der Waals surface area contributed by atoms with Crippen LogP contribution in [-0.2, 0) is 25.6 Å². The van der Waals surface area contributed by atoms with E-state index in [1.54, 1.807) is 25.1 Å². The van der Waals surface area contributed by atoms with Crippen LogP contribution in [0.25, 0.3) is 0 Å². The molecule has 1 amide bonds. The third kappa shape index (κ3) is 2.98. The third-order valence-electron chi connectivity index (χ3n) is 7.24. The Labute approximate surface area is 185 Å². The fourth-order valence-electron chi connectivity index (χ4n) is 6.03. The average Bonchev–Trinajstić information content (AvgIpc) is 2.66. The molecule has 0 heterocycles. The van der Waals surface area contributed by atoms with Gasteiger partial charge in [-0.3, -0.25) is 28.9 Å². The number of carbonyl (C=O) groups is 5. The zero-order chi connectivity index (χ0) is 23.6. The molecule has 3 N–H and O–H groups in total. The minimum absolute atomic E-state index is 0.110. The Morgan fingerprint density at radius 2 is 1.66 bits per heavy atom. The highest BCUT2D eigenvalue weighted by atomic mass is 16.3. The van der Waals surface area contributed by atoms with Crippen LogP contribution in [0.15, 0.2) is 12.1 Å². The molecule has 6 atom stereocenters. The smallest absolute Gasteiger partial charge is 0.235 e. The van der Waals surface area contributed by atoms with Gasteiger partial charge in [0.25, 0.3) is 0 Å². The normalized spacial score (nSPS) is 31.8. The van der Waals surface area contributed by atoms with Gasteiger partial charge in [0.1, 0.15) is 5.75 Å². The molecule has 0 saturated heterocycles. The number of benzene rings is 1. The minimum atomic E-state index is -1.69. The van der Waals surface area contributed by atoms with Gasteiger partial charge in [0.05, 0.1) is 23.4 Å². The van der Waals surface area contributed by atoms with Gasteiger partial charge in [-0.1, -0.05) is 0 Å². The molecule has 9 heteroatoms. The van der Waals surface area contributed by atoms with Crippen molar-refractivity contribution in [2.24, 2.45) is 35.3 Å². The maximum absolute atomic E-state index is 13.6. The first-order valence-electron chi connectivity index (χ1n) is 10.6. The summed E-state index contributed by atoms with van der Waals surface area (Å²) in [4.78, 5) is 68.5. The van der Waals surface area contributed by atoms with E-state index in [0.29, 0.717) is 18.4 Å². The Hall–Kier alpha value is -3.07. The van der Waals surface area contributed by atoms with Crippen molar-refractivity contribution in [3.63, 3.8) is 0 Å². The molecule has 0 radical (unpaired) electrons. The molecule has 4 rings (SSSR count). The highest BCUT2D eigenvalue weighted by Gasteiger charge is 2.61. The summed E-state index contributed by atoms with van der Waals surface area (Å²) in [5, 5.41) is 10.4. The van der Waals surface area contributed by atoms with Crippen LogP contribution < -0.4 is 10.6 Å². The minimum Gasteiger partial charge on any atom is -0.507 e. The number of nitrogens with two attached hydrogens (primary N) is 1. The van der Waals surface area contributed by atoms with Crippen LogP contribution in [0.1, 0.15) is 22.3 Å². The molecule has 3 aliphatic carbocycles. The van der Waals surface area contributed by atoms with Gasteiger partial charge in [-0.25, -0.2) is 0 Å². The number of nitrogens with zero attached hydrogens (tertiary/aromatic N) is 2. The number of likely N-dealkylation sites (N-methyl/N-ethyl adjacent to an activating group) is 1. The largest absolute Gasteiger partial charge is 0.507 e. The Bertz CT molecular complexity index is 1060. The van der Waals surface area contributed by atoms with Crippen molar-refractivity contribution in [1.82, 2.24) is 4.90 Å². The zero-order valence-corrected chi connectivity index (χ0v) is 18.5. The van der Waals surface area contributed by atoms with E-state index >= 15 is 0 Å². The molecule has 3 unspecified atom stereocenters. The molecule has 0 aliphatic heterocycles. The van der Waals surface area contributed by atoms with Gasteiger partial charge in [-0.2, -0.15) is 0 Å². The molecule has 2 saturated carbocycles. The van der Waals surface area contributed by atoms with E-state index < -0.39 is 64.7 Å². The monoisotopic (exact) mass is 441 g/mol. The summed E-state index contributed by atoms with van der Waals surface area (Å²) in [7, 11) is 6.98. The fourth-order valence-corrected chi connectivity index (χ4v) is 6.03. The number of phenols is 1. The molecule has 1 aromatic rings. The van der Waals surface area contributed by atoms with E-state index in [-0.39, 0.29) is 11.3 Å². The van der Waals surface area contributed by atoms with E-state index in [1.165, 1.54) is 6.07 Å². The molecule has 3 aliphatic rings. The van der Waals surface area contributed by atoms with Crippen molar-refractivity contribution < 1.29 is 29.1 Å². The lowest BCUT2D eigenvalue weighted by molar-refractivity contribution is -0.157. The Morgan fingerprint density at radius 1 is 1.00 bits per heavy atom. The maximum atomic E-state index is 13.6. The zero-order valence-electron chi connectivity index (χ0n) is 18.5. The molecule has 0 spiro atoms. The number of amides is 1. The number of fused-ring (bicyclic) bond motifs is 3. The number of aromatic hydroxyl groups is 1. The number of anilines is 1. The van der Waals surface area contributed by atoms with E-state index in [2.05, 4.69) is 0 Å². The molecule has 2 fully saturated rings. The third-order valence-corrected chi connectivity index (χ3v) is 7.24. The van der Waals surface area contributed by atoms with Gasteiger partial charge in [-0.05, 0) is 56.5 Å². The second kappa shape index (κ2) is 7.51. The van der Waals surface area contributed by atoms with Gasteiger partial charge >= 0.3 is 0 Å². The lowest BCUT2D eigenvalue weighted by Gasteiger charge is -2.48. The summed E-state index contributed by atoms with van der Waals surface area (Å²) in [5.41, 5.74) is 6.90. The second-order valence-corrected chi connectivity index (χ2v) is 9.49. The molecular formula is C23H27N3O6. The van der Waals surface area contributed by atoms with Crippen LogP contribution in [0, 0.1) is 29.6 Å². The van der Waals surface area contributed by atoms with Gasteiger partial charge in [-0.15, -0.1) is 0 Å². The van der Waals surface area contributed by atoms with E-state index in [9.17, 15) is 29.1 Å². The summed E-state index contributed by atoms with van der Waals surface area (Å²) in [6, 6.07) is 2.33. The molecule has 0 aromatic heterocycles. The molecular weight excluding hydrogens is 414 g/mol. The van der Waals surface area contributed by atoms with Crippen molar-refractivity contribution in [2.75, 3.05) is 33.1 Å². The molecule has 1 aromatic carbocycles. The summed E-state index contributed by atoms with van der Waals surface area (Å²) >= 11 is 0. The van der Waals surface area contributed by atoms with E-state index in [1.807, 2.05) is 19.0 Å². The number of carbonyl (C=O) groups excluding carboxylic acids is 5. The first kappa shape index (κ1) is 22.1. The molecule has 32 heavy (non-hydrogen) atoms. The first-order valence-corrected chi connectivity index (χ1v) is 10.6. The summed E-state index contributed by atoms with van der Waals surface area (Å²) < 4.78 is 0. The number of primary amides is 1. The van der Waals surface area contributed by atoms with E-state index in [4.69, 9.17) is 5.73 Å². The predicted molar refractivity (Wildman–Crippen MR) is 114 cm³/mol. The van der Waals surface area contributed by atoms with Crippen LogP contribution in [0.4, 0.5) is 5.69 Å². The molecule has 0 bridgehead atoms. The van der Waals surface area contributed by atoms with Crippen molar-refractivity contribution in [3.8, 4) is 5.75 Å². The first-order chi connectivity index (χ1) is 15.0. The summed E-state index contributed by atoms with van der Waals surface area (Å²) in [6.07, 6.45) is 0.672. The fraction of sp³-hybridized carbons (Fsp3) is 0.522. The Kier molecular flexibility index (Phi) is 5.20. The standard InChI is InChI=1S/C23H27N3O6/c1-25(2)12-5-6-13(27)15-10(12)7-9-8-11-16(20(29)14(9)19(15)28)21(30)17(23(24)32)22(31)18(11)26(3)4/h5-6,9,11,14,16-18,27H,7-8H2,1-4H3,(H2,24,32)/t9-,11+,14?,16?,17?,18-/m0/s1. The number of hydrogen-bond donors (Lipinski definition) is 2. The molecule has 170 valence electrons. The Morgan fingerprint density at radius 3 is 2.22 bits per heavy atom. The topological polar surface area (TPSA) is 138 Å². The number of hydrogen-bond acceptors (Lipinski definition) is 8. The van der Waals surface area contributed by atoms with Gasteiger partial charge < -0.3 is 15.7 Å². The predicted octanol–water partition coefficient (Wildman–Crippen LogP) is -0.182. The lowest BCUT2D eigenvalue weighted by atomic mass is 9.54. The van der Waals surface area contributed by atoms with Crippen LogP contribution in [0.5, 0.6) is 5.75 Å². The quantitative estimate of drug-likeness (QED) is 0.616. The molecule has 9 nitrogen and oxygen atoms in total. The number of Topliss-reactive ketones (excluding diaryl/α,β-unsaturated/α-hetero) is 4.